The fourth-order valence-electron chi connectivity index (χ4n) is 3.79. The number of rotatable bonds is 5. The molecule has 5 rings (SSSR count). The second-order valence-electron chi connectivity index (χ2n) is 9.56. The number of hydrogen-bond acceptors (Lipinski definition) is 5. The van der Waals surface area contributed by atoms with Crippen LogP contribution in [0.15, 0.2) is 82.5 Å². The molecule has 5 aromatic rings. The summed E-state index contributed by atoms with van der Waals surface area (Å²) in [5, 5.41) is 9.43. The van der Waals surface area contributed by atoms with Crippen molar-refractivity contribution in [2.24, 2.45) is 0 Å². The van der Waals surface area contributed by atoms with Crippen molar-refractivity contribution in [2.75, 3.05) is 5.32 Å². The van der Waals surface area contributed by atoms with Gasteiger partial charge in [-0.1, -0.05) is 50.2 Å². The van der Waals surface area contributed by atoms with Gasteiger partial charge in [-0.3, -0.25) is 14.5 Å². The lowest BCUT2D eigenvalue weighted by Crippen LogP contribution is -2.28. The number of carbonyl (C=O) groups excluding carboxylic acids is 1. The minimum absolute atomic E-state index is 0.133. The zero-order valence-electron chi connectivity index (χ0n) is 20.2. The van der Waals surface area contributed by atoms with E-state index in [1.807, 2.05) is 74.0 Å². The summed E-state index contributed by atoms with van der Waals surface area (Å²) in [6.07, 6.45) is 5.49. The molecular formula is C27H26N6O3. The summed E-state index contributed by atoms with van der Waals surface area (Å²) in [5.74, 6) is 1.08. The molecule has 0 fully saturated rings. The Morgan fingerprint density at radius 1 is 1.03 bits per heavy atom. The van der Waals surface area contributed by atoms with E-state index in [1.165, 1.54) is 6.07 Å². The predicted octanol–water partition coefficient (Wildman–Crippen LogP) is 4.96. The maximum atomic E-state index is 12.3. The summed E-state index contributed by atoms with van der Waals surface area (Å²) in [5.41, 5.74) is 5.29. The Morgan fingerprint density at radius 2 is 1.81 bits per heavy atom. The van der Waals surface area contributed by atoms with Crippen LogP contribution in [0.2, 0.25) is 0 Å². The highest BCUT2D eigenvalue weighted by Crippen LogP contribution is 2.26. The summed E-state index contributed by atoms with van der Waals surface area (Å²) in [6, 6.07) is 16.6. The van der Waals surface area contributed by atoms with Gasteiger partial charge >= 0.3 is 6.03 Å². The number of imidazole rings is 1. The minimum Gasteiger partial charge on any atom is -0.359 e. The van der Waals surface area contributed by atoms with E-state index in [0.29, 0.717) is 18.1 Å². The lowest BCUT2D eigenvalue weighted by molar-refractivity contribution is 0.251. The average Bonchev–Trinajstić information content (AvgIpc) is 3.50. The Labute approximate surface area is 207 Å². The lowest BCUT2D eigenvalue weighted by atomic mass is 9.93. The normalized spacial score (nSPS) is 11.5. The Hall–Kier alpha value is -4.66. The average molecular weight is 483 g/mol. The standard InChI is InChI=1S/C27H26N6O3/c1-27(2,3)22-13-23(32-36-22)31-26(35)30-14-17-4-6-18(7-5-17)21-16-28-24-12-19(10-11-33(21)24)20-8-9-25(34)29-15-20/h4-13,15-16H,14H2,1-3H3,(H,29,34)(H2,30,31,32,35). The topological polar surface area (TPSA) is 117 Å². The van der Waals surface area contributed by atoms with Crippen LogP contribution < -0.4 is 16.2 Å². The van der Waals surface area contributed by atoms with E-state index in [4.69, 9.17) is 4.52 Å². The largest absolute Gasteiger partial charge is 0.359 e. The highest BCUT2D eigenvalue weighted by molar-refractivity contribution is 5.88. The third-order valence-electron chi connectivity index (χ3n) is 5.82. The van der Waals surface area contributed by atoms with Crippen molar-refractivity contribution in [2.45, 2.75) is 32.7 Å². The maximum absolute atomic E-state index is 12.3. The third kappa shape index (κ3) is 4.90. The van der Waals surface area contributed by atoms with E-state index >= 15 is 0 Å². The first-order chi connectivity index (χ1) is 17.3. The van der Waals surface area contributed by atoms with Crippen LogP contribution >= 0.6 is 0 Å². The van der Waals surface area contributed by atoms with Gasteiger partial charge in [0.15, 0.2) is 5.82 Å². The molecule has 182 valence electrons. The van der Waals surface area contributed by atoms with Crippen LogP contribution in [0.1, 0.15) is 32.1 Å². The van der Waals surface area contributed by atoms with Gasteiger partial charge < -0.3 is 14.8 Å². The van der Waals surface area contributed by atoms with Gasteiger partial charge in [0.1, 0.15) is 11.4 Å². The van der Waals surface area contributed by atoms with Crippen molar-refractivity contribution in [1.29, 1.82) is 0 Å². The molecule has 3 N–H and O–H groups in total. The van der Waals surface area contributed by atoms with Crippen LogP contribution in [0.25, 0.3) is 28.0 Å². The zero-order chi connectivity index (χ0) is 25.3. The monoisotopic (exact) mass is 482 g/mol. The van der Waals surface area contributed by atoms with Crippen LogP contribution in [0.3, 0.4) is 0 Å². The molecule has 0 unspecified atom stereocenters. The highest BCUT2D eigenvalue weighted by atomic mass is 16.5. The molecule has 0 atom stereocenters. The van der Waals surface area contributed by atoms with Crippen LogP contribution in [0.4, 0.5) is 10.6 Å². The smallest absolute Gasteiger partial charge is 0.320 e. The first-order valence-corrected chi connectivity index (χ1v) is 11.5. The fourth-order valence-corrected chi connectivity index (χ4v) is 3.79. The van der Waals surface area contributed by atoms with Gasteiger partial charge in [-0.05, 0) is 34.9 Å². The van der Waals surface area contributed by atoms with E-state index in [1.54, 1.807) is 18.3 Å². The molecule has 0 aliphatic rings. The number of fused-ring (bicyclic) bond motifs is 1. The van der Waals surface area contributed by atoms with Crippen LogP contribution in [-0.4, -0.2) is 25.6 Å². The highest BCUT2D eigenvalue weighted by Gasteiger charge is 2.20. The van der Waals surface area contributed by atoms with Crippen molar-refractivity contribution in [3.8, 4) is 22.4 Å². The van der Waals surface area contributed by atoms with Gasteiger partial charge in [0.05, 0.1) is 11.9 Å². The molecule has 36 heavy (non-hydrogen) atoms. The van der Waals surface area contributed by atoms with Gasteiger partial charge in [0.2, 0.25) is 5.56 Å². The molecule has 4 aromatic heterocycles. The SMILES string of the molecule is CC(C)(C)c1cc(NC(=O)NCc2ccc(-c3cnc4cc(-c5ccc(=O)[nH]c5)ccn34)cc2)no1. The van der Waals surface area contributed by atoms with Gasteiger partial charge in [-0.15, -0.1) is 0 Å². The second kappa shape index (κ2) is 9.18. The van der Waals surface area contributed by atoms with E-state index in [0.717, 1.165) is 33.6 Å². The molecule has 9 nitrogen and oxygen atoms in total. The lowest BCUT2D eigenvalue weighted by Gasteiger charge is -2.12. The Balaban J connectivity index is 1.24. The molecule has 0 spiro atoms. The van der Waals surface area contributed by atoms with Gasteiger partial charge in [-0.2, -0.15) is 0 Å². The molecule has 0 aliphatic heterocycles. The van der Waals surface area contributed by atoms with E-state index < -0.39 is 0 Å². The molecule has 0 saturated carbocycles. The molecule has 9 heteroatoms. The number of hydrogen-bond donors (Lipinski definition) is 3. The molecular weight excluding hydrogens is 456 g/mol. The van der Waals surface area contributed by atoms with E-state index in [-0.39, 0.29) is 17.0 Å². The molecule has 0 aliphatic carbocycles. The Morgan fingerprint density at radius 3 is 2.50 bits per heavy atom. The number of benzene rings is 1. The molecule has 1 aromatic carbocycles. The summed E-state index contributed by atoms with van der Waals surface area (Å²) in [7, 11) is 0. The van der Waals surface area contributed by atoms with Gasteiger partial charge in [0.25, 0.3) is 0 Å². The number of H-pyrrole nitrogens is 1. The number of pyridine rings is 2. The molecule has 2 amide bonds. The van der Waals surface area contributed by atoms with Crippen molar-refractivity contribution in [3.63, 3.8) is 0 Å². The minimum atomic E-state index is -0.354. The quantitative estimate of drug-likeness (QED) is 0.327. The van der Waals surface area contributed by atoms with Crippen LogP contribution in [0.5, 0.6) is 0 Å². The first-order valence-electron chi connectivity index (χ1n) is 11.5. The molecule has 4 heterocycles. The number of urea groups is 1. The van der Waals surface area contributed by atoms with Gasteiger partial charge in [0, 0.05) is 42.0 Å². The summed E-state index contributed by atoms with van der Waals surface area (Å²) < 4.78 is 7.31. The van der Waals surface area contributed by atoms with Crippen LogP contribution in [0, 0.1) is 0 Å². The van der Waals surface area contributed by atoms with Crippen molar-refractivity contribution in [1.82, 2.24) is 24.8 Å². The number of nitrogens with one attached hydrogen (secondary N) is 3. The molecule has 0 saturated heterocycles. The van der Waals surface area contributed by atoms with Crippen molar-refractivity contribution < 1.29 is 9.32 Å². The zero-order valence-corrected chi connectivity index (χ0v) is 20.2. The Bertz CT molecular complexity index is 1570. The number of aromatic nitrogens is 4. The first kappa shape index (κ1) is 23.1. The van der Waals surface area contributed by atoms with E-state index in [2.05, 4.69) is 25.8 Å². The van der Waals surface area contributed by atoms with Crippen molar-refractivity contribution in [3.05, 3.63) is 94.9 Å². The van der Waals surface area contributed by atoms with Gasteiger partial charge in [-0.25, -0.2) is 9.78 Å². The summed E-state index contributed by atoms with van der Waals surface area (Å²) in [4.78, 5) is 30.8. The second-order valence-corrected chi connectivity index (χ2v) is 9.56. The summed E-state index contributed by atoms with van der Waals surface area (Å²) >= 11 is 0. The van der Waals surface area contributed by atoms with E-state index in [9.17, 15) is 9.59 Å². The molecule has 0 bridgehead atoms. The maximum Gasteiger partial charge on any atom is 0.320 e. The molecule has 0 radical (unpaired) electrons. The number of aromatic amines is 1. The number of nitrogens with zero attached hydrogens (tertiary/aromatic N) is 3. The van der Waals surface area contributed by atoms with Crippen molar-refractivity contribution >= 4 is 17.5 Å². The Kier molecular flexibility index (Phi) is 5.89. The number of carbonyl (C=O) groups is 1. The predicted molar refractivity (Wildman–Crippen MR) is 138 cm³/mol. The fraction of sp³-hybridized carbons (Fsp3) is 0.185. The summed E-state index contributed by atoms with van der Waals surface area (Å²) in [6.45, 7) is 6.41. The number of anilines is 1. The third-order valence-corrected chi connectivity index (χ3v) is 5.82. The van der Waals surface area contributed by atoms with Crippen LogP contribution in [-0.2, 0) is 12.0 Å². The number of amides is 2.